The molecule has 0 saturated heterocycles. The molecule has 0 aliphatic carbocycles. The van der Waals surface area contributed by atoms with E-state index >= 15 is 0 Å². The minimum absolute atomic E-state index is 0. The van der Waals surface area contributed by atoms with Gasteiger partial charge in [0.05, 0.1) is 17.2 Å². The van der Waals surface area contributed by atoms with Gasteiger partial charge in [-0.2, -0.15) is 5.26 Å². The van der Waals surface area contributed by atoms with Crippen LogP contribution in [0.15, 0.2) is 144 Å². The van der Waals surface area contributed by atoms with Crippen LogP contribution in [-0.2, 0) is 20.1 Å². The zero-order valence-corrected chi connectivity index (χ0v) is 28.8. The number of nitriles is 1. The summed E-state index contributed by atoms with van der Waals surface area (Å²) in [4.78, 5) is 8.83. The smallest absolute Gasteiger partial charge is 0.130 e. The predicted octanol–water partition coefficient (Wildman–Crippen LogP) is 10.8. The third kappa shape index (κ3) is 6.59. The molecule has 0 spiro atoms. The first kappa shape index (κ1) is 32.3. The van der Waals surface area contributed by atoms with Crippen LogP contribution in [-0.4, -0.2) is 9.97 Å². The Morgan fingerprint density at radius 1 is 0.625 bits per heavy atom. The number of nitrogens with zero attached hydrogens (tertiary/aromatic N) is 3. The summed E-state index contributed by atoms with van der Waals surface area (Å²) in [7, 11) is 0. The van der Waals surface area contributed by atoms with Crippen LogP contribution in [0.1, 0.15) is 16.7 Å². The van der Waals surface area contributed by atoms with Crippen LogP contribution < -0.4 is 0 Å². The van der Waals surface area contributed by atoms with Gasteiger partial charge in [0, 0.05) is 43.4 Å². The Bertz CT molecular complexity index is 2300. The van der Waals surface area contributed by atoms with Crippen molar-refractivity contribution < 1.29 is 24.5 Å². The molecule has 1 radical (unpaired) electrons. The topological polar surface area (TPSA) is 62.7 Å². The van der Waals surface area contributed by atoms with Gasteiger partial charge >= 0.3 is 0 Å². The number of aryl methyl sites for hydroxylation is 2. The molecular formula is C43H29IrN3O-2. The number of rotatable bonds is 4. The molecule has 0 unspecified atom stereocenters. The molecule has 0 atom stereocenters. The van der Waals surface area contributed by atoms with Gasteiger partial charge in [-0.15, -0.1) is 53.6 Å². The van der Waals surface area contributed by atoms with Gasteiger partial charge in [-0.3, -0.25) is 0 Å². The van der Waals surface area contributed by atoms with Crippen molar-refractivity contribution in [2.45, 2.75) is 13.8 Å². The van der Waals surface area contributed by atoms with E-state index in [4.69, 9.17) is 4.42 Å². The summed E-state index contributed by atoms with van der Waals surface area (Å²) in [6.45, 7) is 4.10. The van der Waals surface area contributed by atoms with Crippen LogP contribution in [0.2, 0.25) is 0 Å². The summed E-state index contributed by atoms with van der Waals surface area (Å²) in [6, 6.07) is 51.1. The molecule has 4 nitrogen and oxygen atoms in total. The van der Waals surface area contributed by atoms with Crippen LogP contribution in [0.3, 0.4) is 0 Å². The number of fused-ring (bicyclic) bond motifs is 3. The SMILES string of the molecule is Cc1c[c-]c(-c2ccc(C)cn2)cc1.N#Cc1ccc2c(oc3c(-c4ccccn4)[c-]ccc32)c1-c1ccc(-c2ccccc2)cc1.[Ir]. The van der Waals surface area contributed by atoms with Gasteiger partial charge in [-0.05, 0) is 52.7 Å². The summed E-state index contributed by atoms with van der Waals surface area (Å²) in [5, 5.41) is 11.8. The van der Waals surface area contributed by atoms with Crippen LogP contribution in [0.25, 0.3) is 66.7 Å². The molecule has 233 valence electrons. The first-order valence-corrected chi connectivity index (χ1v) is 15.4. The zero-order chi connectivity index (χ0) is 32.2. The normalized spacial score (nSPS) is 10.5. The molecule has 0 N–H and O–H groups in total. The summed E-state index contributed by atoms with van der Waals surface area (Å²) >= 11 is 0. The molecule has 48 heavy (non-hydrogen) atoms. The van der Waals surface area contributed by atoms with Crippen molar-refractivity contribution in [1.82, 2.24) is 9.97 Å². The van der Waals surface area contributed by atoms with E-state index in [0.29, 0.717) is 11.1 Å². The molecule has 8 aromatic rings. The summed E-state index contributed by atoms with van der Waals surface area (Å²) < 4.78 is 6.46. The number of hydrogen-bond acceptors (Lipinski definition) is 4. The Balaban J connectivity index is 0.000000225. The van der Waals surface area contributed by atoms with Crippen LogP contribution in [0.5, 0.6) is 0 Å². The molecule has 3 heterocycles. The minimum Gasteiger partial charge on any atom is -0.500 e. The molecule has 0 amide bonds. The zero-order valence-electron chi connectivity index (χ0n) is 26.4. The van der Waals surface area contributed by atoms with Gasteiger partial charge in [0.15, 0.2) is 0 Å². The maximum Gasteiger partial charge on any atom is 0.130 e. The van der Waals surface area contributed by atoms with E-state index in [1.807, 2.05) is 92.0 Å². The van der Waals surface area contributed by atoms with E-state index in [9.17, 15) is 5.26 Å². The molecule has 0 bridgehead atoms. The third-order valence-electron chi connectivity index (χ3n) is 8.08. The Morgan fingerprint density at radius 2 is 1.35 bits per heavy atom. The number of aromatic nitrogens is 2. The fraction of sp³-hybridized carbons (Fsp3) is 0.0465. The van der Waals surface area contributed by atoms with E-state index in [1.54, 1.807) is 6.20 Å². The first-order valence-electron chi connectivity index (χ1n) is 15.4. The second-order valence-electron chi connectivity index (χ2n) is 11.3. The maximum absolute atomic E-state index is 9.87. The summed E-state index contributed by atoms with van der Waals surface area (Å²) in [6.07, 6.45) is 3.64. The largest absolute Gasteiger partial charge is 0.500 e. The Hall–Kier alpha value is -5.66. The molecule has 0 aliphatic rings. The quantitative estimate of drug-likeness (QED) is 0.166. The van der Waals surface area contributed by atoms with Crippen LogP contribution >= 0.6 is 0 Å². The van der Waals surface area contributed by atoms with Crippen LogP contribution in [0.4, 0.5) is 0 Å². The van der Waals surface area contributed by atoms with Crippen molar-refractivity contribution >= 4 is 21.9 Å². The Kier molecular flexibility index (Phi) is 9.69. The fourth-order valence-electron chi connectivity index (χ4n) is 5.63. The van der Waals surface area contributed by atoms with Gasteiger partial charge in [0.2, 0.25) is 0 Å². The molecule has 5 aromatic carbocycles. The van der Waals surface area contributed by atoms with Gasteiger partial charge in [0.25, 0.3) is 0 Å². The number of pyridine rings is 2. The molecule has 0 saturated carbocycles. The van der Waals surface area contributed by atoms with Crippen LogP contribution in [0, 0.1) is 37.3 Å². The average molecular weight is 796 g/mol. The maximum atomic E-state index is 9.87. The monoisotopic (exact) mass is 796 g/mol. The van der Waals surface area contributed by atoms with Crippen molar-refractivity contribution in [3.05, 3.63) is 169 Å². The van der Waals surface area contributed by atoms with E-state index in [-0.39, 0.29) is 20.1 Å². The second kappa shape index (κ2) is 14.4. The molecule has 5 heteroatoms. The number of benzene rings is 5. The van der Waals surface area contributed by atoms with E-state index < -0.39 is 0 Å². The summed E-state index contributed by atoms with van der Waals surface area (Å²) in [5.41, 5.74) is 12.1. The molecular weight excluding hydrogens is 767 g/mol. The van der Waals surface area contributed by atoms with E-state index in [1.165, 1.54) is 11.1 Å². The van der Waals surface area contributed by atoms with Gasteiger partial charge in [0.1, 0.15) is 5.58 Å². The molecule has 8 rings (SSSR count). The average Bonchev–Trinajstić information content (AvgIpc) is 3.52. The van der Waals surface area contributed by atoms with Crippen molar-refractivity contribution in [3.63, 3.8) is 0 Å². The van der Waals surface area contributed by atoms with Gasteiger partial charge in [-0.25, -0.2) is 0 Å². The minimum atomic E-state index is 0. The molecule has 3 aromatic heterocycles. The van der Waals surface area contributed by atoms with E-state index in [0.717, 1.165) is 61.1 Å². The number of hydrogen-bond donors (Lipinski definition) is 0. The first-order chi connectivity index (χ1) is 23.1. The predicted molar refractivity (Wildman–Crippen MR) is 189 cm³/mol. The van der Waals surface area contributed by atoms with Gasteiger partial charge in [-0.1, -0.05) is 103 Å². The van der Waals surface area contributed by atoms with Crippen molar-refractivity contribution in [1.29, 1.82) is 5.26 Å². The summed E-state index contributed by atoms with van der Waals surface area (Å²) in [5.74, 6) is 0. The standard InChI is InChI=1S/C30H17N2O.C13H12N.Ir/c31-19-23-16-17-25-24-9-6-10-26(27-11-4-5-18-32-27)29(24)33-30(25)28(23)22-14-12-21(13-15-22)20-7-2-1-3-8-20;1-10-3-6-12(7-4-10)13-8-5-11(2)9-14-13;/h1-9,11-18H;3-6,8-9H,1-2H3;/q2*-1;. The second-order valence-corrected chi connectivity index (χ2v) is 11.3. The van der Waals surface area contributed by atoms with Crippen molar-refractivity contribution in [2.24, 2.45) is 0 Å². The fourth-order valence-corrected chi connectivity index (χ4v) is 5.63. The van der Waals surface area contributed by atoms with Crippen molar-refractivity contribution in [3.8, 4) is 50.8 Å². The Morgan fingerprint density at radius 3 is 2.04 bits per heavy atom. The van der Waals surface area contributed by atoms with Gasteiger partial charge < -0.3 is 14.4 Å². The van der Waals surface area contributed by atoms with E-state index in [2.05, 4.69) is 83.6 Å². The van der Waals surface area contributed by atoms with Crippen molar-refractivity contribution in [2.75, 3.05) is 0 Å². The molecule has 0 fully saturated rings. The molecule has 0 aliphatic heterocycles. The number of furan rings is 1. The third-order valence-corrected chi connectivity index (χ3v) is 8.08. The Labute approximate surface area is 293 Å².